The van der Waals surface area contributed by atoms with Crippen molar-refractivity contribution in [3.63, 3.8) is 0 Å². The van der Waals surface area contributed by atoms with E-state index < -0.39 is 0 Å². The molecular formula is C17H16N2OS. The summed E-state index contributed by atoms with van der Waals surface area (Å²) in [6, 6.07) is 17.9. The molecule has 0 fully saturated rings. The summed E-state index contributed by atoms with van der Waals surface area (Å²) in [6.07, 6.45) is 0. The van der Waals surface area contributed by atoms with E-state index in [0.29, 0.717) is 5.25 Å². The maximum Gasteiger partial charge on any atom is 0.161 e. The molecule has 3 nitrogen and oxygen atoms in total. The normalized spacial score (nSPS) is 17.4. The van der Waals surface area contributed by atoms with E-state index in [-0.39, 0.29) is 5.78 Å². The molecule has 0 spiro atoms. The highest BCUT2D eigenvalue weighted by Gasteiger charge is 2.21. The van der Waals surface area contributed by atoms with Gasteiger partial charge in [0, 0.05) is 11.3 Å². The van der Waals surface area contributed by atoms with Crippen molar-refractivity contribution >= 4 is 28.4 Å². The third-order valence-corrected chi connectivity index (χ3v) is 4.53. The fraction of sp³-hybridized carbons (Fsp3) is 0.176. The van der Waals surface area contributed by atoms with Gasteiger partial charge in [-0.3, -0.25) is 9.79 Å². The molecule has 4 heteroatoms. The summed E-state index contributed by atoms with van der Waals surface area (Å²) in [4.78, 5) is 15.8. The van der Waals surface area contributed by atoms with E-state index in [0.717, 1.165) is 23.0 Å². The zero-order valence-electron chi connectivity index (χ0n) is 11.7. The topological polar surface area (TPSA) is 41.5 Å². The second kappa shape index (κ2) is 6.14. The SMILES string of the molecule is CC(=O)c1ccc(NC2=NCC(c3ccccc3)S2)cc1. The molecule has 21 heavy (non-hydrogen) atoms. The molecule has 0 saturated carbocycles. The standard InChI is InChI=1S/C17H16N2OS/c1-12(20)13-7-9-15(10-8-13)19-17-18-11-16(21-17)14-5-3-2-4-6-14/h2-10,16H,11H2,1H3,(H,18,19). The molecule has 1 unspecified atom stereocenters. The summed E-state index contributed by atoms with van der Waals surface area (Å²) in [7, 11) is 0. The lowest BCUT2D eigenvalue weighted by molar-refractivity contribution is 0.101. The van der Waals surface area contributed by atoms with Crippen molar-refractivity contribution in [1.29, 1.82) is 0 Å². The summed E-state index contributed by atoms with van der Waals surface area (Å²) < 4.78 is 0. The highest BCUT2D eigenvalue weighted by Crippen LogP contribution is 2.35. The Hall–Kier alpha value is -2.07. The highest BCUT2D eigenvalue weighted by atomic mass is 32.2. The summed E-state index contributed by atoms with van der Waals surface area (Å²) in [5.41, 5.74) is 2.98. The van der Waals surface area contributed by atoms with Crippen LogP contribution >= 0.6 is 11.8 Å². The van der Waals surface area contributed by atoms with E-state index in [1.165, 1.54) is 5.56 Å². The number of nitrogens with zero attached hydrogens (tertiary/aromatic N) is 1. The van der Waals surface area contributed by atoms with E-state index in [4.69, 9.17) is 0 Å². The molecule has 2 aromatic carbocycles. The first-order valence-electron chi connectivity index (χ1n) is 6.86. The minimum Gasteiger partial charge on any atom is -0.335 e. The number of rotatable bonds is 3. The number of amidine groups is 1. The van der Waals surface area contributed by atoms with Gasteiger partial charge in [-0.05, 0) is 36.8 Å². The van der Waals surface area contributed by atoms with Crippen LogP contribution in [0.5, 0.6) is 0 Å². The van der Waals surface area contributed by atoms with E-state index >= 15 is 0 Å². The summed E-state index contributed by atoms with van der Waals surface area (Å²) in [6.45, 7) is 2.37. The van der Waals surface area contributed by atoms with Crippen LogP contribution < -0.4 is 5.32 Å². The number of carbonyl (C=O) groups excluding carboxylic acids is 1. The Balaban J connectivity index is 1.63. The van der Waals surface area contributed by atoms with E-state index in [9.17, 15) is 4.79 Å². The summed E-state index contributed by atoms with van der Waals surface area (Å²) >= 11 is 1.74. The van der Waals surface area contributed by atoms with Gasteiger partial charge < -0.3 is 5.32 Å². The Morgan fingerprint density at radius 3 is 2.52 bits per heavy atom. The van der Waals surface area contributed by atoms with Gasteiger partial charge in [-0.25, -0.2) is 0 Å². The van der Waals surface area contributed by atoms with Crippen LogP contribution in [-0.4, -0.2) is 17.5 Å². The van der Waals surface area contributed by atoms with Crippen LogP contribution in [-0.2, 0) is 0 Å². The third-order valence-electron chi connectivity index (χ3n) is 3.37. The maximum atomic E-state index is 11.3. The predicted octanol–water partition coefficient (Wildman–Crippen LogP) is 4.15. The van der Waals surface area contributed by atoms with Crippen molar-refractivity contribution in [3.8, 4) is 0 Å². The average Bonchev–Trinajstić information content (AvgIpc) is 2.97. The average molecular weight is 296 g/mol. The second-order valence-corrected chi connectivity index (χ2v) is 6.11. The number of ketones is 1. The lowest BCUT2D eigenvalue weighted by Gasteiger charge is -2.09. The molecule has 0 bridgehead atoms. The molecule has 0 amide bonds. The smallest absolute Gasteiger partial charge is 0.161 e. The van der Waals surface area contributed by atoms with E-state index in [2.05, 4.69) is 34.6 Å². The zero-order chi connectivity index (χ0) is 14.7. The second-order valence-electron chi connectivity index (χ2n) is 4.92. The Kier molecular flexibility index (Phi) is 4.06. The molecule has 1 aliphatic heterocycles. The molecule has 0 radical (unpaired) electrons. The third kappa shape index (κ3) is 3.34. The summed E-state index contributed by atoms with van der Waals surface area (Å²) in [5, 5.41) is 4.62. The van der Waals surface area contributed by atoms with Crippen LogP contribution in [0.1, 0.15) is 28.1 Å². The molecule has 1 aliphatic rings. The number of hydrogen-bond donors (Lipinski definition) is 1. The molecule has 0 aromatic heterocycles. The molecule has 1 N–H and O–H groups in total. The van der Waals surface area contributed by atoms with Gasteiger partial charge in [0.25, 0.3) is 0 Å². The number of aliphatic imine (C=N–C) groups is 1. The van der Waals surface area contributed by atoms with Crippen LogP contribution in [0.15, 0.2) is 59.6 Å². The van der Waals surface area contributed by atoms with Crippen molar-refractivity contribution < 1.29 is 4.79 Å². The first-order chi connectivity index (χ1) is 10.2. The van der Waals surface area contributed by atoms with Crippen LogP contribution in [0, 0.1) is 0 Å². The fourth-order valence-electron chi connectivity index (χ4n) is 2.20. The van der Waals surface area contributed by atoms with Crippen LogP contribution in [0.25, 0.3) is 0 Å². The quantitative estimate of drug-likeness (QED) is 0.865. The fourth-order valence-corrected chi connectivity index (χ4v) is 3.23. The predicted molar refractivity (Wildman–Crippen MR) is 89.1 cm³/mol. The Labute approximate surface area is 128 Å². The molecule has 106 valence electrons. The lowest BCUT2D eigenvalue weighted by atomic mass is 10.1. The summed E-state index contributed by atoms with van der Waals surface area (Å²) in [5.74, 6) is 0.0817. The molecule has 0 saturated heterocycles. The van der Waals surface area contributed by atoms with Crippen molar-refractivity contribution in [2.75, 3.05) is 11.9 Å². The highest BCUT2D eigenvalue weighted by molar-refractivity contribution is 8.14. The lowest BCUT2D eigenvalue weighted by Crippen LogP contribution is -2.05. The molecule has 2 aromatic rings. The van der Waals surface area contributed by atoms with Crippen LogP contribution in [0.3, 0.4) is 0 Å². The minimum absolute atomic E-state index is 0.0817. The van der Waals surface area contributed by atoms with Gasteiger partial charge >= 0.3 is 0 Å². The number of anilines is 1. The maximum absolute atomic E-state index is 11.3. The van der Waals surface area contributed by atoms with Crippen molar-refractivity contribution in [2.24, 2.45) is 4.99 Å². The van der Waals surface area contributed by atoms with Crippen molar-refractivity contribution in [2.45, 2.75) is 12.2 Å². The number of Topliss-reactive ketones (excluding diaryl/α,β-unsaturated/α-hetero) is 1. The molecular weight excluding hydrogens is 280 g/mol. The number of thioether (sulfide) groups is 1. The Morgan fingerprint density at radius 2 is 1.86 bits per heavy atom. The molecule has 3 rings (SSSR count). The van der Waals surface area contributed by atoms with E-state index in [1.807, 2.05) is 30.3 Å². The largest absolute Gasteiger partial charge is 0.335 e. The zero-order valence-corrected chi connectivity index (χ0v) is 12.6. The van der Waals surface area contributed by atoms with Gasteiger partial charge in [0.1, 0.15) is 0 Å². The first kappa shape index (κ1) is 13.9. The Morgan fingerprint density at radius 1 is 1.14 bits per heavy atom. The van der Waals surface area contributed by atoms with Gasteiger partial charge in [-0.15, -0.1) is 0 Å². The van der Waals surface area contributed by atoms with Crippen molar-refractivity contribution in [1.82, 2.24) is 0 Å². The molecule has 1 atom stereocenters. The minimum atomic E-state index is 0.0817. The number of nitrogens with one attached hydrogen (secondary N) is 1. The van der Waals surface area contributed by atoms with Crippen LogP contribution in [0.4, 0.5) is 5.69 Å². The Bertz CT molecular complexity index is 665. The van der Waals surface area contributed by atoms with E-state index in [1.54, 1.807) is 18.7 Å². The molecule has 1 heterocycles. The van der Waals surface area contributed by atoms with Gasteiger partial charge in [-0.1, -0.05) is 42.1 Å². The first-order valence-corrected chi connectivity index (χ1v) is 7.74. The number of benzene rings is 2. The van der Waals surface area contributed by atoms with Gasteiger partial charge in [0.05, 0.1) is 11.8 Å². The number of hydrogen-bond acceptors (Lipinski definition) is 4. The van der Waals surface area contributed by atoms with Gasteiger partial charge in [0.2, 0.25) is 0 Å². The van der Waals surface area contributed by atoms with Gasteiger partial charge in [-0.2, -0.15) is 0 Å². The monoisotopic (exact) mass is 296 g/mol. The van der Waals surface area contributed by atoms with Gasteiger partial charge in [0.15, 0.2) is 11.0 Å². The molecule has 0 aliphatic carbocycles. The number of carbonyl (C=O) groups is 1. The van der Waals surface area contributed by atoms with Crippen LogP contribution in [0.2, 0.25) is 0 Å². The van der Waals surface area contributed by atoms with Crippen molar-refractivity contribution in [3.05, 3.63) is 65.7 Å².